The number of rotatable bonds is 4. The quantitative estimate of drug-likeness (QED) is 0.677. The van der Waals surface area contributed by atoms with Crippen LogP contribution >= 0.6 is 11.8 Å². The highest BCUT2D eigenvalue weighted by Crippen LogP contribution is 2.30. The Hall–Kier alpha value is -2.27. The summed E-state index contributed by atoms with van der Waals surface area (Å²) in [5, 5.41) is 0.642. The Bertz CT molecular complexity index is 868. The van der Waals surface area contributed by atoms with Crippen LogP contribution in [0, 0.1) is 6.92 Å². The van der Waals surface area contributed by atoms with E-state index in [9.17, 15) is 4.79 Å². The monoisotopic (exact) mass is 339 g/mol. The Kier molecular flexibility index (Phi) is 4.62. The molecular formula is C19H21N3OS. The van der Waals surface area contributed by atoms with Gasteiger partial charge in [0.15, 0.2) is 5.16 Å². The van der Waals surface area contributed by atoms with E-state index in [1.807, 2.05) is 25.1 Å². The molecule has 0 saturated heterocycles. The van der Waals surface area contributed by atoms with Crippen molar-refractivity contribution in [3.8, 4) is 5.69 Å². The minimum absolute atomic E-state index is 0.0857. The molecule has 0 radical (unpaired) electrons. The second-order valence-corrected chi connectivity index (χ2v) is 7.35. The standard InChI is InChI=1S/C19H21N3OS/c1-13-9-11-15(12-10-13)22-17-8-6-5-7-16(17)20-19(22)24-14(2)18(23)21(3)4/h5-12,14H,1-4H3. The highest BCUT2D eigenvalue weighted by atomic mass is 32.2. The molecule has 124 valence electrons. The molecule has 0 saturated carbocycles. The zero-order valence-corrected chi connectivity index (χ0v) is 15.2. The van der Waals surface area contributed by atoms with Crippen molar-refractivity contribution in [3.05, 3.63) is 54.1 Å². The topological polar surface area (TPSA) is 38.1 Å². The number of amides is 1. The molecule has 2 aromatic carbocycles. The maximum Gasteiger partial charge on any atom is 0.235 e. The SMILES string of the molecule is Cc1ccc(-n2c(SC(C)C(=O)N(C)C)nc3ccccc32)cc1. The molecule has 0 aliphatic rings. The molecule has 0 fully saturated rings. The summed E-state index contributed by atoms with van der Waals surface area (Å²) in [6.07, 6.45) is 0. The molecule has 24 heavy (non-hydrogen) atoms. The number of fused-ring (bicyclic) bond motifs is 1. The third-order valence-electron chi connectivity index (χ3n) is 3.89. The fourth-order valence-electron chi connectivity index (χ4n) is 2.60. The van der Waals surface area contributed by atoms with Gasteiger partial charge in [0.2, 0.25) is 5.91 Å². The van der Waals surface area contributed by atoms with Gasteiger partial charge in [0.05, 0.1) is 16.3 Å². The number of aromatic nitrogens is 2. The first-order chi connectivity index (χ1) is 11.5. The Balaban J connectivity index is 2.08. The van der Waals surface area contributed by atoms with Crippen LogP contribution in [-0.2, 0) is 4.79 Å². The number of hydrogen-bond acceptors (Lipinski definition) is 3. The molecule has 0 N–H and O–H groups in total. The number of aryl methyl sites for hydroxylation is 1. The van der Waals surface area contributed by atoms with E-state index >= 15 is 0 Å². The van der Waals surface area contributed by atoms with Gasteiger partial charge in [-0.2, -0.15) is 0 Å². The van der Waals surface area contributed by atoms with Gasteiger partial charge in [-0.1, -0.05) is 41.6 Å². The van der Waals surface area contributed by atoms with Crippen molar-refractivity contribution < 1.29 is 4.79 Å². The zero-order chi connectivity index (χ0) is 17.3. The Morgan fingerprint density at radius 2 is 1.79 bits per heavy atom. The van der Waals surface area contributed by atoms with E-state index < -0.39 is 0 Å². The molecule has 0 aliphatic carbocycles. The third kappa shape index (κ3) is 3.17. The van der Waals surface area contributed by atoms with Gasteiger partial charge >= 0.3 is 0 Å². The van der Waals surface area contributed by atoms with Crippen molar-refractivity contribution in [2.75, 3.05) is 14.1 Å². The largest absolute Gasteiger partial charge is 0.348 e. The number of nitrogens with zero attached hydrogens (tertiary/aromatic N) is 3. The summed E-state index contributed by atoms with van der Waals surface area (Å²) < 4.78 is 2.12. The molecule has 4 nitrogen and oxygen atoms in total. The van der Waals surface area contributed by atoms with Gasteiger partial charge in [0, 0.05) is 19.8 Å². The van der Waals surface area contributed by atoms with Gasteiger partial charge in [-0.15, -0.1) is 0 Å². The molecule has 0 spiro atoms. The minimum Gasteiger partial charge on any atom is -0.348 e. The number of hydrogen-bond donors (Lipinski definition) is 0. The number of benzene rings is 2. The minimum atomic E-state index is -0.194. The van der Waals surface area contributed by atoms with Crippen LogP contribution in [-0.4, -0.2) is 39.7 Å². The molecule has 1 amide bonds. The van der Waals surface area contributed by atoms with Gasteiger partial charge < -0.3 is 4.90 Å². The number of carbonyl (C=O) groups is 1. The van der Waals surface area contributed by atoms with Crippen LogP contribution in [0.1, 0.15) is 12.5 Å². The molecule has 0 bridgehead atoms. The first-order valence-corrected chi connectivity index (χ1v) is 8.77. The Morgan fingerprint density at radius 3 is 2.46 bits per heavy atom. The highest BCUT2D eigenvalue weighted by Gasteiger charge is 2.21. The number of para-hydroxylation sites is 2. The second kappa shape index (κ2) is 6.69. The first-order valence-electron chi connectivity index (χ1n) is 7.89. The van der Waals surface area contributed by atoms with Crippen LogP contribution < -0.4 is 0 Å². The second-order valence-electron chi connectivity index (χ2n) is 6.05. The average Bonchev–Trinajstić information content (AvgIpc) is 2.92. The molecule has 1 aromatic heterocycles. The molecule has 5 heteroatoms. The van der Waals surface area contributed by atoms with Crippen molar-refractivity contribution >= 4 is 28.7 Å². The van der Waals surface area contributed by atoms with Crippen LogP contribution in [0.2, 0.25) is 0 Å². The van der Waals surface area contributed by atoms with E-state index in [1.54, 1.807) is 19.0 Å². The zero-order valence-electron chi connectivity index (χ0n) is 14.4. The smallest absolute Gasteiger partial charge is 0.235 e. The van der Waals surface area contributed by atoms with Gasteiger partial charge in [-0.25, -0.2) is 4.98 Å². The summed E-state index contributed by atoms with van der Waals surface area (Å²) in [5.74, 6) is 0.0857. The maximum absolute atomic E-state index is 12.2. The number of imidazole rings is 1. The maximum atomic E-state index is 12.2. The molecule has 1 unspecified atom stereocenters. The van der Waals surface area contributed by atoms with E-state index in [4.69, 9.17) is 4.98 Å². The van der Waals surface area contributed by atoms with Gasteiger partial charge in [0.25, 0.3) is 0 Å². The van der Waals surface area contributed by atoms with Gasteiger partial charge in [0.1, 0.15) is 0 Å². The summed E-state index contributed by atoms with van der Waals surface area (Å²) >= 11 is 1.49. The predicted molar refractivity (Wildman–Crippen MR) is 99.8 cm³/mol. The lowest BCUT2D eigenvalue weighted by Gasteiger charge is -2.17. The van der Waals surface area contributed by atoms with E-state index in [2.05, 4.69) is 41.8 Å². The van der Waals surface area contributed by atoms with Crippen LogP contribution in [0.15, 0.2) is 53.7 Å². The van der Waals surface area contributed by atoms with Crippen molar-refractivity contribution in [2.24, 2.45) is 0 Å². The lowest BCUT2D eigenvalue weighted by Crippen LogP contribution is -2.29. The van der Waals surface area contributed by atoms with Crippen molar-refractivity contribution in [1.82, 2.24) is 14.5 Å². The molecular weight excluding hydrogens is 318 g/mol. The van der Waals surface area contributed by atoms with E-state index in [0.29, 0.717) is 0 Å². The fourth-order valence-corrected chi connectivity index (χ4v) is 3.69. The average molecular weight is 339 g/mol. The van der Waals surface area contributed by atoms with Gasteiger partial charge in [-0.05, 0) is 38.1 Å². The van der Waals surface area contributed by atoms with E-state index in [0.717, 1.165) is 21.9 Å². The van der Waals surface area contributed by atoms with Crippen molar-refractivity contribution in [2.45, 2.75) is 24.3 Å². The van der Waals surface area contributed by atoms with Crippen LogP contribution in [0.5, 0.6) is 0 Å². The Labute approximate surface area is 146 Å². The summed E-state index contributed by atoms with van der Waals surface area (Å²) in [6.45, 7) is 4.00. The van der Waals surface area contributed by atoms with Crippen molar-refractivity contribution in [3.63, 3.8) is 0 Å². The Morgan fingerprint density at radius 1 is 1.12 bits per heavy atom. The molecule has 3 aromatic rings. The third-order valence-corrected chi connectivity index (χ3v) is 4.93. The van der Waals surface area contributed by atoms with E-state index in [1.165, 1.54) is 17.3 Å². The van der Waals surface area contributed by atoms with E-state index in [-0.39, 0.29) is 11.2 Å². The lowest BCUT2D eigenvalue weighted by atomic mass is 10.2. The predicted octanol–water partition coefficient (Wildman–Crippen LogP) is 3.90. The fraction of sp³-hybridized carbons (Fsp3) is 0.263. The summed E-state index contributed by atoms with van der Waals surface area (Å²) in [5.41, 5.74) is 4.26. The number of carbonyl (C=O) groups excluding carboxylic acids is 1. The molecule has 3 rings (SSSR count). The van der Waals surface area contributed by atoms with Crippen LogP contribution in [0.3, 0.4) is 0 Å². The molecule has 0 aliphatic heterocycles. The summed E-state index contributed by atoms with van der Waals surface area (Å²) in [6, 6.07) is 16.4. The van der Waals surface area contributed by atoms with Crippen LogP contribution in [0.4, 0.5) is 0 Å². The lowest BCUT2D eigenvalue weighted by molar-refractivity contribution is -0.127. The highest BCUT2D eigenvalue weighted by molar-refractivity contribution is 8.00. The van der Waals surface area contributed by atoms with Gasteiger partial charge in [-0.3, -0.25) is 9.36 Å². The number of thioether (sulfide) groups is 1. The molecule has 1 atom stereocenters. The summed E-state index contributed by atoms with van der Waals surface area (Å²) in [7, 11) is 3.56. The van der Waals surface area contributed by atoms with Crippen molar-refractivity contribution in [1.29, 1.82) is 0 Å². The normalized spacial score (nSPS) is 12.3. The van der Waals surface area contributed by atoms with Crippen LogP contribution in [0.25, 0.3) is 16.7 Å². The molecule has 1 heterocycles. The summed E-state index contributed by atoms with van der Waals surface area (Å²) in [4.78, 5) is 18.6. The first kappa shape index (κ1) is 16.6.